The number of hydrogen-bond donors (Lipinski definition) is 1. The fourth-order valence-electron chi connectivity index (χ4n) is 5.90. The number of nitrogens with zero attached hydrogens (tertiary/aromatic N) is 2. The predicted molar refractivity (Wildman–Crippen MR) is 96.0 cm³/mol. The van der Waals surface area contributed by atoms with Gasteiger partial charge in [0.05, 0.1) is 19.3 Å². The zero-order chi connectivity index (χ0) is 16.9. The first-order valence-corrected chi connectivity index (χ1v) is 10.2. The minimum atomic E-state index is -0.0877. The van der Waals surface area contributed by atoms with Gasteiger partial charge < -0.3 is 14.7 Å². The van der Waals surface area contributed by atoms with Crippen LogP contribution in [-0.4, -0.2) is 73.0 Å². The molecule has 3 heterocycles. The number of β-amino-alcohol motifs (C(OH)–C–C–N with tert-alkyl or cyclic N) is 1. The maximum atomic E-state index is 10.4. The molecule has 4 fully saturated rings. The van der Waals surface area contributed by atoms with E-state index in [2.05, 4.69) is 30.6 Å². The molecule has 4 heteroatoms. The molecule has 2 spiro atoms. The Morgan fingerprint density at radius 1 is 1.21 bits per heavy atom. The molecule has 0 aromatic rings. The van der Waals surface area contributed by atoms with Crippen LogP contribution in [0.5, 0.6) is 0 Å². The number of aliphatic hydroxyl groups excluding tert-OH is 1. The lowest BCUT2D eigenvalue weighted by Crippen LogP contribution is -2.63. The lowest BCUT2D eigenvalue weighted by Gasteiger charge is -2.55. The molecule has 3 saturated heterocycles. The molecule has 3 aliphatic heterocycles. The largest absolute Gasteiger partial charge is 0.391 e. The van der Waals surface area contributed by atoms with E-state index in [0.717, 1.165) is 32.2 Å². The van der Waals surface area contributed by atoms with Gasteiger partial charge in [-0.2, -0.15) is 0 Å². The van der Waals surface area contributed by atoms with Crippen LogP contribution in [0.4, 0.5) is 0 Å². The second-order valence-corrected chi connectivity index (χ2v) is 9.83. The fraction of sp³-hybridized carbons (Fsp3) is 1.00. The van der Waals surface area contributed by atoms with E-state index in [4.69, 9.17) is 4.74 Å². The Kier molecular flexibility index (Phi) is 4.48. The van der Waals surface area contributed by atoms with Crippen molar-refractivity contribution < 1.29 is 9.84 Å². The molecular weight excluding hydrogens is 300 g/mol. The molecule has 3 atom stereocenters. The van der Waals surface area contributed by atoms with Crippen LogP contribution in [0.15, 0.2) is 0 Å². The van der Waals surface area contributed by atoms with E-state index in [9.17, 15) is 5.11 Å². The number of aliphatic hydroxyl groups is 1. The molecule has 1 saturated carbocycles. The van der Waals surface area contributed by atoms with Gasteiger partial charge in [-0.25, -0.2) is 0 Å². The van der Waals surface area contributed by atoms with E-state index in [-0.39, 0.29) is 11.5 Å². The van der Waals surface area contributed by atoms with Crippen molar-refractivity contribution in [3.8, 4) is 0 Å². The summed E-state index contributed by atoms with van der Waals surface area (Å²) in [6.45, 7) is 14.5. The summed E-state index contributed by atoms with van der Waals surface area (Å²) in [5.41, 5.74) is 0.687. The first kappa shape index (κ1) is 17.3. The molecule has 1 N–H and O–H groups in total. The highest BCUT2D eigenvalue weighted by Crippen LogP contribution is 2.54. The minimum Gasteiger partial charge on any atom is -0.391 e. The third-order valence-corrected chi connectivity index (χ3v) is 7.13. The number of ether oxygens (including phenoxy) is 1. The van der Waals surface area contributed by atoms with Gasteiger partial charge in [0.15, 0.2) is 0 Å². The summed E-state index contributed by atoms with van der Waals surface area (Å²) in [5, 5.41) is 10.4. The van der Waals surface area contributed by atoms with E-state index in [1.54, 1.807) is 0 Å². The molecule has 1 aliphatic carbocycles. The van der Waals surface area contributed by atoms with Crippen molar-refractivity contribution in [3.63, 3.8) is 0 Å². The van der Waals surface area contributed by atoms with Crippen LogP contribution >= 0.6 is 0 Å². The van der Waals surface area contributed by atoms with Crippen LogP contribution < -0.4 is 0 Å². The second kappa shape index (κ2) is 6.22. The van der Waals surface area contributed by atoms with E-state index in [0.29, 0.717) is 17.4 Å². The Morgan fingerprint density at radius 3 is 2.54 bits per heavy atom. The molecule has 2 unspecified atom stereocenters. The van der Waals surface area contributed by atoms with E-state index < -0.39 is 0 Å². The topological polar surface area (TPSA) is 35.9 Å². The van der Waals surface area contributed by atoms with Crippen molar-refractivity contribution >= 4 is 0 Å². The van der Waals surface area contributed by atoms with Gasteiger partial charge in [-0.15, -0.1) is 0 Å². The Balaban J connectivity index is 1.37. The Labute approximate surface area is 147 Å². The highest BCUT2D eigenvalue weighted by Gasteiger charge is 2.56. The molecule has 4 aliphatic rings. The van der Waals surface area contributed by atoms with Crippen LogP contribution in [0.2, 0.25) is 0 Å². The molecular formula is C20H36N2O2. The smallest absolute Gasteiger partial charge is 0.0735 e. The maximum absolute atomic E-state index is 10.4. The number of hydrogen-bond acceptors (Lipinski definition) is 4. The summed E-state index contributed by atoms with van der Waals surface area (Å²) in [5.74, 6) is 1.40. The Morgan fingerprint density at radius 2 is 1.96 bits per heavy atom. The number of rotatable bonds is 5. The van der Waals surface area contributed by atoms with Gasteiger partial charge in [0.1, 0.15) is 0 Å². The highest BCUT2D eigenvalue weighted by molar-refractivity contribution is 5.09. The van der Waals surface area contributed by atoms with Crippen molar-refractivity contribution in [2.24, 2.45) is 22.7 Å². The zero-order valence-electron chi connectivity index (χ0n) is 15.8. The summed E-state index contributed by atoms with van der Waals surface area (Å²) in [4.78, 5) is 5.21. The molecule has 24 heavy (non-hydrogen) atoms. The van der Waals surface area contributed by atoms with E-state index in [1.165, 1.54) is 45.3 Å². The van der Waals surface area contributed by atoms with E-state index in [1.807, 2.05) is 0 Å². The van der Waals surface area contributed by atoms with Gasteiger partial charge in [0, 0.05) is 49.6 Å². The lowest BCUT2D eigenvalue weighted by atomic mass is 9.70. The van der Waals surface area contributed by atoms with Crippen LogP contribution in [0.25, 0.3) is 0 Å². The fourth-order valence-corrected chi connectivity index (χ4v) is 5.90. The van der Waals surface area contributed by atoms with Crippen molar-refractivity contribution in [1.29, 1.82) is 0 Å². The summed E-state index contributed by atoms with van der Waals surface area (Å²) >= 11 is 0. The van der Waals surface area contributed by atoms with Gasteiger partial charge in [-0.05, 0) is 37.5 Å². The molecule has 138 valence electrons. The van der Waals surface area contributed by atoms with Crippen molar-refractivity contribution in [2.75, 3.05) is 45.9 Å². The first-order valence-electron chi connectivity index (χ1n) is 10.2. The van der Waals surface area contributed by atoms with Gasteiger partial charge in [0.25, 0.3) is 0 Å². The maximum Gasteiger partial charge on any atom is 0.0735 e. The van der Waals surface area contributed by atoms with Crippen LogP contribution in [0, 0.1) is 22.7 Å². The normalized spacial score (nSPS) is 36.4. The summed E-state index contributed by atoms with van der Waals surface area (Å²) < 4.78 is 6.11. The number of likely N-dealkylation sites (tertiary alicyclic amines) is 2. The Hall–Kier alpha value is -0.160. The summed E-state index contributed by atoms with van der Waals surface area (Å²) in [6, 6.07) is 0.593. The quantitative estimate of drug-likeness (QED) is 0.835. The molecule has 4 nitrogen and oxygen atoms in total. The molecule has 4 rings (SSSR count). The molecule has 0 amide bonds. The van der Waals surface area contributed by atoms with E-state index >= 15 is 0 Å². The third-order valence-electron chi connectivity index (χ3n) is 7.13. The predicted octanol–water partition coefficient (Wildman–Crippen LogP) is 2.22. The summed E-state index contributed by atoms with van der Waals surface area (Å²) in [6.07, 6.45) is 4.88. The second-order valence-electron chi connectivity index (χ2n) is 9.83. The van der Waals surface area contributed by atoms with Crippen LogP contribution in [0.3, 0.4) is 0 Å². The zero-order valence-corrected chi connectivity index (χ0v) is 15.8. The first-order chi connectivity index (χ1) is 11.5. The van der Waals surface area contributed by atoms with Gasteiger partial charge in [-0.3, -0.25) is 4.90 Å². The standard InChI is InChI=1S/C20H36N2O2/c1-4-17(22-9-18(23)20(13-22)5-6-20)16-7-19(14-24-10-16)11-21(12-19)8-15(2)3/h15-18,23H,4-14H2,1-3H3/t16?,17?,18-/m0/s1. The van der Waals surface area contributed by atoms with Crippen molar-refractivity contribution in [1.82, 2.24) is 9.80 Å². The van der Waals surface area contributed by atoms with Gasteiger partial charge in [0.2, 0.25) is 0 Å². The molecule has 0 bridgehead atoms. The van der Waals surface area contributed by atoms with Crippen molar-refractivity contribution in [3.05, 3.63) is 0 Å². The van der Waals surface area contributed by atoms with Crippen LogP contribution in [-0.2, 0) is 4.74 Å². The summed E-state index contributed by atoms with van der Waals surface area (Å²) in [7, 11) is 0. The SMILES string of the molecule is CCC(C1COCC2(C1)CN(CC(C)C)C2)N1C[C@H](O)C2(CC2)C1. The lowest BCUT2D eigenvalue weighted by molar-refractivity contribution is -0.136. The highest BCUT2D eigenvalue weighted by atomic mass is 16.5. The van der Waals surface area contributed by atoms with Crippen molar-refractivity contribution in [2.45, 2.75) is 58.6 Å². The monoisotopic (exact) mass is 336 g/mol. The minimum absolute atomic E-state index is 0.0877. The van der Waals surface area contributed by atoms with Gasteiger partial charge in [-0.1, -0.05) is 20.8 Å². The molecule has 0 aromatic heterocycles. The third kappa shape index (κ3) is 3.04. The Bertz CT molecular complexity index is 457. The average Bonchev–Trinajstić information content (AvgIpc) is 3.20. The van der Waals surface area contributed by atoms with Gasteiger partial charge >= 0.3 is 0 Å². The average molecular weight is 337 g/mol. The molecule has 0 aromatic carbocycles. The molecule has 0 radical (unpaired) electrons. The van der Waals surface area contributed by atoms with Crippen LogP contribution in [0.1, 0.15) is 46.5 Å².